The fourth-order valence-electron chi connectivity index (χ4n) is 7.73. The number of halogens is 2. The predicted octanol–water partition coefficient (Wildman–Crippen LogP) is 11.2. The third-order valence-electron chi connectivity index (χ3n) is 9.62. The number of aromatic nitrogens is 2. The minimum Gasteiger partial charge on any atom is -0.255 e. The molecule has 0 saturated heterocycles. The highest BCUT2D eigenvalue weighted by molar-refractivity contribution is 9.12. The van der Waals surface area contributed by atoms with Gasteiger partial charge in [0.1, 0.15) is 0 Å². The molecule has 1 unspecified atom stereocenters. The maximum atomic E-state index is 5.31. The molecule has 2 aromatic heterocycles. The average Bonchev–Trinajstić information content (AvgIpc) is 3.55. The van der Waals surface area contributed by atoms with Crippen LogP contribution in [0.5, 0.6) is 0 Å². The lowest BCUT2D eigenvalue weighted by Crippen LogP contribution is -2.26. The molecule has 0 N–H and O–H groups in total. The van der Waals surface area contributed by atoms with E-state index >= 15 is 0 Å². The summed E-state index contributed by atoms with van der Waals surface area (Å²) in [5.41, 5.74) is 15.3. The molecule has 0 amide bonds. The zero-order valence-corrected chi connectivity index (χ0v) is 27.4. The van der Waals surface area contributed by atoms with Crippen molar-refractivity contribution in [3.05, 3.63) is 177 Å². The maximum absolute atomic E-state index is 5.31. The Morgan fingerprint density at radius 1 is 0.600 bits per heavy atom. The van der Waals surface area contributed by atoms with Gasteiger partial charge in [-0.3, -0.25) is 4.98 Å². The Labute approximate surface area is 279 Å². The van der Waals surface area contributed by atoms with E-state index in [9.17, 15) is 0 Å². The quantitative estimate of drug-likeness (QED) is 0.183. The van der Waals surface area contributed by atoms with Crippen molar-refractivity contribution in [1.29, 1.82) is 0 Å². The molecule has 4 heteroatoms. The molecule has 0 fully saturated rings. The van der Waals surface area contributed by atoms with Crippen molar-refractivity contribution in [2.75, 3.05) is 0 Å². The smallest absolute Gasteiger partial charge is 0.0890 e. The van der Waals surface area contributed by atoms with Crippen molar-refractivity contribution < 1.29 is 0 Å². The third-order valence-corrected chi connectivity index (χ3v) is 10.7. The van der Waals surface area contributed by atoms with E-state index in [0.29, 0.717) is 0 Å². The maximum Gasteiger partial charge on any atom is 0.0890 e. The van der Waals surface area contributed by atoms with Crippen LogP contribution in [0.3, 0.4) is 0 Å². The molecular formula is C41H26Br2N2. The lowest BCUT2D eigenvalue weighted by atomic mass is 9.70. The van der Waals surface area contributed by atoms with Crippen LogP contribution in [-0.2, 0) is 5.41 Å². The normalized spacial score (nSPS) is 16.6. The summed E-state index contributed by atoms with van der Waals surface area (Å²) >= 11 is 7.48. The summed E-state index contributed by atoms with van der Waals surface area (Å²) in [4.78, 5) is 9.92. The second kappa shape index (κ2) is 10.3. The van der Waals surface area contributed by atoms with Crippen molar-refractivity contribution in [3.8, 4) is 44.8 Å². The van der Waals surface area contributed by atoms with Crippen molar-refractivity contribution in [3.63, 3.8) is 0 Å². The van der Waals surface area contributed by atoms with Gasteiger partial charge in [-0.05, 0) is 92.9 Å². The van der Waals surface area contributed by atoms with Gasteiger partial charge in [0.15, 0.2) is 0 Å². The lowest BCUT2D eigenvalue weighted by molar-refractivity contribution is 0.793. The fraction of sp³-hybridized carbons (Fsp3) is 0.0732. The van der Waals surface area contributed by atoms with Crippen LogP contribution in [0.15, 0.2) is 149 Å². The minimum atomic E-state index is -0.405. The summed E-state index contributed by atoms with van der Waals surface area (Å²) in [5, 5.41) is 0. The Balaban J connectivity index is 1.31. The molecule has 9 rings (SSSR count). The topological polar surface area (TPSA) is 25.8 Å². The highest BCUT2D eigenvalue weighted by atomic mass is 79.9. The SMILES string of the molecule is BrC1=CCC(c2nc(-c3ccccn3)ccc2-c2ccc3c(c2)C2(c4ccccc4-c4ccccc42)c2cc(Br)ccc2-3)C=C1. The van der Waals surface area contributed by atoms with Crippen LogP contribution < -0.4 is 0 Å². The average molecular weight is 706 g/mol. The van der Waals surface area contributed by atoms with E-state index in [1.54, 1.807) is 0 Å². The molecule has 0 radical (unpaired) electrons. The van der Waals surface area contributed by atoms with Gasteiger partial charge in [0.25, 0.3) is 0 Å². The second-order valence-corrected chi connectivity index (χ2v) is 13.8. The monoisotopic (exact) mass is 704 g/mol. The lowest BCUT2D eigenvalue weighted by Gasteiger charge is -2.31. The Morgan fingerprint density at radius 3 is 1.98 bits per heavy atom. The van der Waals surface area contributed by atoms with E-state index in [1.807, 2.05) is 24.4 Å². The minimum absolute atomic E-state index is 0.160. The Bertz CT molecular complexity index is 2190. The number of pyridine rings is 2. The summed E-state index contributed by atoms with van der Waals surface area (Å²) in [6, 6.07) is 42.1. The predicted molar refractivity (Wildman–Crippen MR) is 190 cm³/mol. The van der Waals surface area contributed by atoms with E-state index in [2.05, 4.69) is 152 Å². The van der Waals surface area contributed by atoms with Crippen LogP contribution in [-0.4, -0.2) is 9.97 Å². The summed E-state index contributed by atoms with van der Waals surface area (Å²) in [7, 11) is 0. The number of hydrogen-bond acceptors (Lipinski definition) is 2. The van der Waals surface area contributed by atoms with Gasteiger partial charge in [0, 0.05) is 26.6 Å². The number of nitrogens with zero attached hydrogens (tertiary/aromatic N) is 2. The highest BCUT2D eigenvalue weighted by Gasteiger charge is 2.51. The number of benzene rings is 4. The first-order valence-electron chi connectivity index (χ1n) is 15.2. The van der Waals surface area contributed by atoms with Gasteiger partial charge in [-0.15, -0.1) is 0 Å². The van der Waals surface area contributed by atoms with Gasteiger partial charge in [-0.1, -0.05) is 129 Å². The highest BCUT2D eigenvalue weighted by Crippen LogP contribution is 2.63. The standard InChI is InChI=1S/C41H26Br2N2/c42-27-15-12-25(13-16-27)40-29(20-21-39(45-40)38-11-5-6-22-44-38)26-14-18-32-33-19-17-28(43)24-37(33)41(36(32)23-26)34-9-3-1-7-30(34)31-8-2-4-10-35(31)41/h1-12,14-25H,13H2. The molecule has 2 nitrogen and oxygen atoms in total. The largest absolute Gasteiger partial charge is 0.255 e. The first kappa shape index (κ1) is 27.0. The van der Waals surface area contributed by atoms with Crippen LogP contribution in [0.25, 0.3) is 44.8 Å². The first-order chi connectivity index (χ1) is 22.1. The van der Waals surface area contributed by atoms with Crippen LogP contribution >= 0.6 is 31.9 Å². The van der Waals surface area contributed by atoms with E-state index in [1.165, 1.54) is 50.1 Å². The molecule has 3 aliphatic carbocycles. The van der Waals surface area contributed by atoms with Gasteiger partial charge >= 0.3 is 0 Å². The van der Waals surface area contributed by atoms with Crippen LogP contribution in [0, 0.1) is 0 Å². The van der Waals surface area contributed by atoms with Crippen LogP contribution in [0.4, 0.5) is 0 Å². The molecule has 0 bridgehead atoms. The van der Waals surface area contributed by atoms with E-state index < -0.39 is 5.41 Å². The zero-order chi connectivity index (χ0) is 30.1. The summed E-state index contributed by atoms with van der Waals surface area (Å²) < 4.78 is 2.21. The first-order valence-corrected chi connectivity index (χ1v) is 16.8. The van der Waals surface area contributed by atoms with Crippen molar-refractivity contribution >= 4 is 31.9 Å². The van der Waals surface area contributed by atoms with Crippen LogP contribution in [0.1, 0.15) is 40.3 Å². The molecule has 2 heterocycles. The number of allylic oxidation sites excluding steroid dienone is 4. The van der Waals surface area contributed by atoms with Gasteiger partial charge in [-0.25, -0.2) is 4.98 Å². The molecule has 4 aromatic carbocycles. The number of hydrogen-bond donors (Lipinski definition) is 0. The van der Waals surface area contributed by atoms with Crippen molar-refractivity contribution in [2.24, 2.45) is 0 Å². The Morgan fingerprint density at radius 2 is 1.27 bits per heavy atom. The molecule has 1 spiro atoms. The molecule has 0 aliphatic heterocycles. The van der Waals surface area contributed by atoms with E-state index in [4.69, 9.17) is 4.98 Å². The third kappa shape index (κ3) is 3.99. The Hall–Kier alpha value is -4.38. The summed E-state index contributed by atoms with van der Waals surface area (Å²) in [6.45, 7) is 0. The van der Waals surface area contributed by atoms with Gasteiger partial charge in [-0.2, -0.15) is 0 Å². The molecule has 6 aromatic rings. The molecule has 3 aliphatic rings. The summed E-state index contributed by atoms with van der Waals surface area (Å²) in [5.74, 6) is 0.160. The molecule has 45 heavy (non-hydrogen) atoms. The van der Waals surface area contributed by atoms with Gasteiger partial charge in [0.05, 0.1) is 22.5 Å². The number of fused-ring (bicyclic) bond motifs is 10. The van der Waals surface area contributed by atoms with E-state index in [0.717, 1.165) is 38.0 Å². The fourth-order valence-corrected chi connectivity index (χ4v) is 8.44. The second-order valence-electron chi connectivity index (χ2n) is 11.9. The van der Waals surface area contributed by atoms with Gasteiger partial charge in [0.2, 0.25) is 0 Å². The Kier molecular flexibility index (Phi) is 6.19. The molecular weight excluding hydrogens is 680 g/mol. The zero-order valence-electron chi connectivity index (χ0n) is 24.2. The van der Waals surface area contributed by atoms with Crippen molar-refractivity contribution in [1.82, 2.24) is 9.97 Å². The van der Waals surface area contributed by atoms with Crippen LogP contribution in [0.2, 0.25) is 0 Å². The van der Waals surface area contributed by atoms with E-state index in [-0.39, 0.29) is 5.92 Å². The van der Waals surface area contributed by atoms with Gasteiger partial charge < -0.3 is 0 Å². The number of rotatable bonds is 3. The molecule has 214 valence electrons. The molecule has 1 atom stereocenters. The van der Waals surface area contributed by atoms with Crippen molar-refractivity contribution in [2.45, 2.75) is 17.8 Å². The summed E-state index contributed by atoms with van der Waals surface area (Å²) in [6.07, 6.45) is 9.37. The molecule has 0 saturated carbocycles.